The maximum atomic E-state index is 2.68. The molecule has 0 unspecified atom stereocenters. The van der Waals surface area contributed by atoms with Crippen LogP contribution in [-0.2, 0) is 0 Å². The van der Waals surface area contributed by atoms with E-state index in [1.165, 1.54) is 0 Å². The Hall–Kier alpha value is 0.177. The standard InChI is InChI=1S/C10H25NSi/c1-9(2,3)11(12(7)8)10(4,5)6/h12H,1-8H3. The molecule has 0 bridgehead atoms. The summed E-state index contributed by atoms with van der Waals surface area (Å²) in [4.78, 5) is 0. The molecular formula is C10H25NSi. The summed E-state index contributed by atoms with van der Waals surface area (Å²) >= 11 is 0. The minimum absolute atomic E-state index is 0.318. The van der Waals surface area contributed by atoms with Gasteiger partial charge < -0.3 is 4.57 Å². The lowest BCUT2D eigenvalue weighted by molar-refractivity contribution is 0.134. The van der Waals surface area contributed by atoms with Gasteiger partial charge in [-0.1, -0.05) is 13.1 Å². The van der Waals surface area contributed by atoms with Crippen LogP contribution in [0.4, 0.5) is 0 Å². The molecule has 2 heteroatoms. The van der Waals surface area contributed by atoms with Crippen molar-refractivity contribution in [3.8, 4) is 0 Å². The fourth-order valence-electron chi connectivity index (χ4n) is 2.56. The molecule has 0 fully saturated rings. The van der Waals surface area contributed by atoms with Gasteiger partial charge in [0.2, 0.25) is 0 Å². The Morgan fingerprint density at radius 3 is 1.00 bits per heavy atom. The van der Waals surface area contributed by atoms with Gasteiger partial charge in [-0.05, 0) is 41.5 Å². The highest BCUT2D eigenvalue weighted by atomic mass is 28.3. The first-order valence-electron chi connectivity index (χ1n) is 4.86. The average Bonchev–Trinajstić information content (AvgIpc) is 1.49. The predicted octanol–water partition coefficient (Wildman–Crippen LogP) is 2.87. The second-order valence-electron chi connectivity index (χ2n) is 5.81. The van der Waals surface area contributed by atoms with E-state index in [9.17, 15) is 0 Å². The Balaban J connectivity index is 4.70. The van der Waals surface area contributed by atoms with Gasteiger partial charge >= 0.3 is 0 Å². The van der Waals surface area contributed by atoms with E-state index in [0.29, 0.717) is 11.1 Å². The van der Waals surface area contributed by atoms with Gasteiger partial charge in [0.25, 0.3) is 0 Å². The van der Waals surface area contributed by atoms with E-state index in [1.807, 2.05) is 0 Å². The molecule has 0 N–H and O–H groups in total. The first kappa shape index (κ1) is 12.2. The molecule has 74 valence electrons. The van der Waals surface area contributed by atoms with Gasteiger partial charge in [0.15, 0.2) is 0 Å². The minimum Gasteiger partial charge on any atom is -0.318 e. The summed E-state index contributed by atoms with van der Waals surface area (Å²) in [6.45, 7) is 18.7. The van der Waals surface area contributed by atoms with Crippen LogP contribution in [0.1, 0.15) is 41.5 Å². The molecule has 0 spiro atoms. The summed E-state index contributed by atoms with van der Waals surface area (Å²) in [7, 11) is -0.702. The molecule has 0 aromatic heterocycles. The lowest BCUT2D eigenvalue weighted by Gasteiger charge is -2.48. The van der Waals surface area contributed by atoms with Gasteiger partial charge in [0.1, 0.15) is 8.96 Å². The zero-order chi connectivity index (χ0) is 10.2. The third kappa shape index (κ3) is 3.28. The van der Waals surface area contributed by atoms with Crippen LogP contribution in [0.2, 0.25) is 13.1 Å². The lowest BCUT2D eigenvalue weighted by atomic mass is 10.0. The molecule has 0 atom stereocenters. The van der Waals surface area contributed by atoms with Crippen LogP contribution in [0.5, 0.6) is 0 Å². The van der Waals surface area contributed by atoms with Crippen molar-refractivity contribution in [2.24, 2.45) is 0 Å². The highest BCUT2D eigenvalue weighted by Crippen LogP contribution is 2.25. The lowest BCUT2D eigenvalue weighted by Crippen LogP contribution is -2.57. The van der Waals surface area contributed by atoms with Crippen molar-refractivity contribution in [1.82, 2.24) is 4.57 Å². The molecule has 0 amide bonds. The number of hydrogen-bond acceptors (Lipinski definition) is 1. The van der Waals surface area contributed by atoms with Crippen LogP contribution in [0.3, 0.4) is 0 Å². The van der Waals surface area contributed by atoms with Crippen molar-refractivity contribution in [3.63, 3.8) is 0 Å². The van der Waals surface area contributed by atoms with E-state index >= 15 is 0 Å². The maximum Gasteiger partial charge on any atom is 0.107 e. The summed E-state index contributed by atoms with van der Waals surface area (Å²) < 4.78 is 2.68. The zero-order valence-electron chi connectivity index (χ0n) is 10.0. The fraction of sp³-hybridized carbons (Fsp3) is 1.00. The van der Waals surface area contributed by atoms with E-state index < -0.39 is 8.96 Å². The van der Waals surface area contributed by atoms with Crippen molar-refractivity contribution in [3.05, 3.63) is 0 Å². The molecule has 0 saturated carbocycles. The third-order valence-corrected chi connectivity index (χ3v) is 4.54. The monoisotopic (exact) mass is 187 g/mol. The van der Waals surface area contributed by atoms with Crippen LogP contribution in [0.15, 0.2) is 0 Å². The molecule has 0 aliphatic carbocycles. The van der Waals surface area contributed by atoms with E-state index in [4.69, 9.17) is 0 Å². The van der Waals surface area contributed by atoms with Crippen molar-refractivity contribution in [2.75, 3.05) is 0 Å². The molecule has 0 aromatic carbocycles. The van der Waals surface area contributed by atoms with Gasteiger partial charge in [0.05, 0.1) is 0 Å². The van der Waals surface area contributed by atoms with E-state index in [1.54, 1.807) is 0 Å². The normalized spacial score (nSPS) is 14.5. The number of nitrogens with zero attached hydrogens (tertiary/aromatic N) is 1. The second kappa shape index (κ2) is 3.50. The molecule has 0 radical (unpaired) electrons. The first-order valence-corrected chi connectivity index (χ1v) is 7.69. The van der Waals surface area contributed by atoms with Crippen LogP contribution < -0.4 is 0 Å². The fourth-order valence-corrected chi connectivity index (χ4v) is 5.65. The van der Waals surface area contributed by atoms with Crippen molar-refractivity contribution in [1.29, 1.82) is 0 Å². The molecule has 0 aliphatic heterocycles. The van der Waals surface area contributed by atoms with Crippen molar-refractivity contribution in [2.45, 2.75) is 65.7 Å². The van der Waals surface area contributed by atoms with E-state index in [0.717, 1.165) is 0 Å². The smallest absolute Gasteiger partial charge is 0.107 e. The van der Waals surface area contributed by atoms with Crippen LogP contribution >= 0.6 is 0 Å². The summed E-state index contributed by atoms with van der Waals surface area (Å²) in [6, 6.07) is 0. The number of hydrogen-bond donors (Lipinski definition) is 0. The average molecular weight is 187 g/mol. The third-order valence-electron chi connectivity index (χ3n) is 1.96. The maximum absolute atomic E-state index is 2.68. The summed E-state index contributed by atoms with van der Waals surface area (Å²) in [5.74, 6) is 0. The second-order valence-corrected chi connectivity index (χ2v) is 8.51. The van der Waals surface area contributed by atoms with Crippen LogP contribution in [-0.4, -0.2) is 24.6 Å². The Morgan fingerprint density at radius 1 is 0.750 bits per heavy atom. The molecule has 0 rings (SSSR count). The molecular weight excluding hydrogens is 162 g/mol. The molecule has 0 aliphatic rings. The van der Waals surface area contributed by atoms with Gasteiger partial charge in [-0.2, -0.15) is 0 Å². The van der Waals surface area contributed by atoms with E-state index in [2.05, 4.69) is 59.2 Å². The summed E-state index contributed by atoms with van der Waals surface area (Å²) in [5.41, 5.74) is 0.636. The van der Waals surface area contributed by atoms with Gasteiger partial charge in [0, 0.05) is 11.1 Å². The summed E-state index contributed by atoms with van der Waals surface area (Å²) in [6.07, 6.45) is 0. The highest BCUT2D eigenvalue weighted by molar-refractivity contribution is 6.53. The Labute approximate surface area is 79.8 Å². The Morgan fingerprint density at radius 2 is 1.00 bits per heavy atom. The Bertz CT molecular complexity index is 125. The summed E-state index contributed by atoms with van der Waals surface area (Å²) in [5, 5.41) is 0. The van der Waals surface area contributed by atoms with Crippen molar-refractivity contribution >= 4 is 8.96 Å². The molecule has 0 aromatic rings. The molecule has 12 heavy (non-hydrogen) atoms. The molecule has 0 heterocycles. The minimum atomic E-state index is -0.702. The molecule has 0 saturated heterocycles. The van der Waals surface area contributed by atoms with Crippen LogP contribution in [0, 0.1) is 0 Å². The van der Waals surface area contributed by atoms with Gasteiger partial charge in [-0.15, -0.1) is 0 Å². The quantitative estimate of drug-likeness (QED) is 0.571. The highest BCUT2D eigenvalue weighted by Gasteiger charge is 2.33. The van der Waals surface area contributed by atoms with Crippen molar-refractivity contribution < 1.29 is 0 Å². The zero-order valence-corrected chi connectivity index (χ0v) is 11.2. The van der Waals surface area contributed by atoms with E-state index in [-0.39, 0.29) is 0 Å². The Kier molecular flexibility index (Phi) is 3.56. The van der Waals surface area contributed by atoms with Gasteiger partial charge in [-0.3, -0.25) is 0 Å². The van der Waals surface area contributed by atoms with Crippen LogP contribution in [0.25, 0.3) is 0 Å². The largest absolute Gasteiger partial charge is 0.318 e. The predicted molar refractivity (Wildman–Crippen MR) is 60.2 cm³/mol. The molecule has 1 nitrogen and oxygen atoms in total. The first-order chi connectivity index (χ1) is 5.07. The van der Waals surface area contributed by atoms with Gasteiger partial charge in [-0.25, -0.2) is 0 Å². The SMILES string of the molecule is C[SiH](C)N(C(C)(C)C)C(C)(C)C. The number of rotatable bonds is 1. The topological polar surface area (TPSA) is 3.24 Å².